The summed E-state index contributed by atoms with van der Waals surface area (Å²) >= 11 is 0. The second-order valence-electron chi connectivity index (χ2n) is 7.90. The Balaban J connectivity index is 1.31. The molecule has 3 aliphatic heterocycles. The molecule has 2 amide bonds. The van der Waals surface area contributed by atoms with E-state index in [0.717, 1.165) is 43.7 Å². The molecule has 0 spiro atoms. The zero-order chi connectivity index (χ0) is 20.4. The Morgan fingerprint density at radius 2 is 1.76 bits per heavy atom. The lowest BCUT2D eigenvalue weighted by Gasteiger charge is -2.42. The van der Waals surface area contributed by atoms with E-state index < -0.39 is 0 Å². The summed E-state index contributed by atoms with van der Waals surface area (Å²) in [4.78, 5) is 45.9. The van der Waals surface area contributed by atoms with Crippen molar-refractivity contribution in [3.63, 3.8) is 0 Å². The first-order chi connectivity index (χ1) is 14.1. The molecular weight excluding hydrogens is 372 g/mol. The maximum absolute atomic E-state index is 12.5. The Morgan fingerprint density at radius 1 is 1.07 bits per heavy atom. The van der Waals surface area contributed by atoms with Crippen LogP contribution in [-0.4, -0.2) is 59.1 Å². The lowest BCUT2D eigenvalue weighted by atomic mass is 9.84. The van der Waals surface area contributed by atoms with Gasteiger partial charge >= 0.3 is 5.97 Å². The smallest absolute Gasteiger partial charge is 0.339 e. The number of oxime groups is 1. The van der Waals surface area contributed by atoms with E-state index in [1.807, 2.05) is 0 Å². The number of fused-ring (bicyclic) bond motifs is 2. The van der Waals surface area contributed by atoms with Crippen molar-refractivity contribution in [1.82, 2.24) is 9.80 Å². The molecule has 2 N–H and O–H groups in total. The summed E-state index contributed by atoms with van der Waals surface area (Å²) < 4.78 is 0. The minimum Gasteiger partial charge on any atom is -0.384 e. The average Bonchev–Trinajstić information content (AvgIpc) is 3.00. The highest BCUT2D eigenvalue weighted by atomic mass is 16.7. The standard InChI is InChI=1S/C21H26N4O4/c22-18(10-13-25-19(26)14-6-1-2-7-15(14)20(25)27)23-29-21(28)16-8-5-12-24-11-4-3-9-17(16)24/h1-2,6-7,16-17H,3-5,8-13H2,(H2,22,23)/t16-,17-/m0/s1. The van der Waals surface area contributed by atoms with Gasteiger partial charge in [0.2, 0.25) is 0 Å². The quantitative estimate of drug-likeness (QED) is 0.266. The lowest BCUT2D eigenvalue weighted by molar-refractivity contribution is -0.153. The van der Waals surface area contributed by atoms with Crippen molar-refractivity contribution in [2.75, 3.05) is 19.6 Å². The van der Waals surface area contributed by atoms with Gasteiger partial charge in [0.15, 0.2) is 0 Å². The second-order valence-corrected chi connectivity index (χ2v) is 7.90. The Labute approximate surface area is 169 Å². The first kappa shape index (κ1) is 19.6. The average molecular weight is 398 g/mol. The largest absolute Gasteiger partial charge is 0.384 e. The van der Waals surface area contributed by atoms with Gasteiger partial charge in [0.1, 0.15) is 5.84 Å². The van der Waals surface area contributed by atoms with Crippen molar-refractivity contribution in [3.8, 4) is 0 Å². The fourth-order valence-corrected chi connectivity index (χ4v) is 4.62. The molecule has 0 aliphatic carbocycles. The number of piperidine rings is 2. The molecule has 2 fully saturated rings. The minimum atomic E-state index is -0.342. The van der Waals surface area contributed by atoms with Crippen LogP contribution in [0, 0.1) is 5.92 Å². The zero-order valence-electron chi connectivity index (χ0n) is 16.4. The predicted octanol–water partition coefficient (Wildman–Crippen LogP) is 1.75. The minimum absolute atomic E-state index is 0.0891. The van der Waals surface area contributed by atoms with Crippen LogP contribution in [0.2, 0.25) is 0 Å². The van der Waals surface area contributed by atoms with Gasteiger partial charge in [-0.2, -0.15) is 0 Å². The van der Waals surface area contributed by atoms with Gasteiger partial charge in [0, 0.05) is 19.0 Å². The first-order valence-electron chi connectivity index (χ1n) is 10.3. The van der Waals surface area contributed by atoms with Crippen LogP contribution in [0.3, 0.4) is 0 Å². The third-order valence-electron chi connectivity index (χ3n) is 6.11. The van der Waals surface area contributed by atoms with Crippen molar-refractivity contribution in [1.29, 1.82) is 0 Å². The molecule has 8 heteroatoms. The number of carbonyl (C=O) groups excluding carboxylic acids is 3. The van der Waals surface area contributed by atoms with Crippen LogP contribution in [0.25, 0.3) is 0 Å². The monoisotopic (exact) mass is 398 g/mol. The molecule has 2 atom stereocenters. The number of benzene rings is 1. The second kappa shape index (κ2) is 8.32. The van der Waals surface area contributed by atoms with E-state index in [9.17, 15) is 14.4 Å². The Kier molecular flexibility index (Phi) is 5.62. The summed E-state index contributed by atoms with van der Waals surface area (Å²) in [5.74, 6) is -1.10. The molecule has 8 nitrogen and oxygen atoms in total. The Morgan fingerprint density at radius 3 is 2.48 bits per heavy atom. The molecule has 0 radical (unpaired) electrons. The van der Waals surface area contributed by atoms with Gasteiger partial charge < -0.3 is 10.6 Å². The molecule has 3 heterocycles. The fourth-order valence-electron chi connectivity index (χ4n) is 4.62. The van der Waals surface area contributed by atoms with E-state index in [0.29, 0.717) is 11.1 Å². The molecule has 0 bridgehead atoms. The van der Waals surface area contributed by atoms with Gasteiger partial charge in [-0.05, 0) is 50.9 Å². The maximum Gasteiger partial charge on any atom is 0.339 e. The normalized spacial score (nSPS) is 25.0. The van der Waals surface area contributed by atoms with E-state index in [2.05, 4.69) is 10.1 Å². The Bertz CT molecular complexity index is 816. The summed E-state index contributed by atoms with van der Waals surface area (Å²) in [5, 5.41) is 3.77. The molecule has 1 aromatic carbocycles. The highest BCUT2D eigenvalue weighted by molar-refractivity contribution is 6.21. The highest BCUT2D eigenvalue weighted by Gasteiger charge is 2.38. The number of nitrogens with two attached hydrogens (primary N) is 1. The van der Waals surface area contributed by atoms with Gasteiger partial charge in [-0.15, -0.1) is 0 Å². The van der Waals surface area contributed by atoms with Crippen LogP contribution in [0.1, 0.15) is 59.2 Å². The van der Waals surface area contributed by atoms with Crippen molar-refractivity contribution < 1.29 is 19.2 Å². The van der Waals surface area contributed by atoms with Crippen molar-refractivity contribution in [3.05, 3.63) is 35.4 Å². The van der Waals surface area contributed by atoms with Crippen molar-refractivity contribution >= 4 is 23.6 Å². The van der Waals surface area contributed by atoms with Gasteiger partial charge in [0.05, 0.1) is 17.0 Å². The van der Waals surface area contributed by atoms with Crippen molar-refractivity contribution in [2.24, 2.45) is 16.8 Å². The topological polar surface area (TPSA) is 105 Å². The number of amidine groups is 1. The zero-order valence-corrected chi connectivity index (χ0v) is 16.4. The molecule has 0 aromatic heterocycles. The van der Waals surface area contributed by atoms with Gasteiger partial charge in [-0.3, -0.25) is 19.4 Å². The van der Waals surface area contributed by atoms with Crippen LogP contribution < -0.4 is 5.73 Å². The lowest BCUT2D eigenvalue weighted by Crippen LogP contribution is -2.50. The molecule has 1 aromatic rings. The molecule has 2 saturated heterocycles. The number of hydrogen-bond acceptors (Lipinski definition) is 6. The summed E-state index contributed by atoms with van der Waals surface area (Å²) in [6, 6.07) is 6.95. The molecule has 0 saturated carbocycles. The van der Waals surface area contributed by atoms with E-state index >= 15 is 0 Å². The fraction of sp³-hybridized carbons (Fsp3) is 0.524. The highest BCUT2D eigenvalue weighted by Crippen LogP contribution is 2.31. The van der Waals surface area contributed by atoms with Crippen LogP contribution >= 0.6 is 0 Å². The molecule has 0 unspecified atom stereocenters. The number of amides is 2. The summed E-state index contributed by atoms with van der Waals surface area (Å²) in [6.07, 6.45) is 5.27. The van der Waals surface area contributed by atoms with Crippen LogP contribution in [0.4, 0.5) is 0 Å². The number of hydrogen-bond donors (Lipinski definition) is 1. The number of carbonyl (C=O) groups is 3. The molecule has 29 heavy (non-hydrogen) atoms. The summed E-state index contributed by atoms with van der Waals surface area (Å²) in [5.41, 5.74) is 6.66. The predicted molar refractivity (Wildman–Crippen MR) is 106 cm³/mol. The number of rotatable bonds is 5. The van der Waals surface area contributed by atoms with Crippen LogP contribution in [0.15, 0.2) is 29.4 Å². The molecular formula is C21H26N4O4. The van der Waals surface area contributed by atoms with Gasteiger partial charge in [0.25, 0.3) is 11.8 Å². The third-order valence-corrected chi connectivity index (χ3v) is 6.11. The van der Waals surface area contributed by atoms with Gasteiger partial charge in [-0.1, -0.05) is 23.7 Å². The SMILES string of the molecule is N/C(CCN1C(=O)c2ccccc2C1=O)=N/OC(=O)[C@H]1CCCN2CCCC[C@@H]12. The Hall–Kier alpha value is -2.74. The van der Waals surface area contributed by atoms with Crippen LogP contribution in [0.5, 0.6) is 0 Å². The van der Waals surface area contributed by atoms with E-state index in [-0.39, 0.29) is 48.5 Å². The van der Waals surface area contributed by atoms with E-state index in [4.69, 9.17) is 10.6 Å². The van der Waals surface area contributed by atoms with E-state index in [1.54, 1.807) is 24.3 Å². The summed E-state index contributed by atoms with van der Waals surface area (Å²) in [6.45, 7) is 2.18. The molecule has 4 rings (SSSR count). The first-order valence-corrected chi connectivity index (χ1v) is 10.3. The number of nitrogens with zero attached hydrogens (tertiary/aromatic N) is 3. The third kappa shape index (κ3) is 3.89. The summed E-state index contributed by atoms with van der Waals surface area (Å²) in [7, 11) is 0. The molecule has 3 aliphatic rings. The van der Waals surface area contributed by atoms with Crippen molar-refractivity contribution in [2.45, 2.75) is 44.6 Å². The number of imide groups is 1. The maximum atomic E-state index is 12.5. The van der Waals surface area contributed by atoms with E-state index in [1.165, 1.54) is 6.42 Å². The molecule has 154 valence electrons. The van der Waals surface area contributed by atoms with Crippen LogP contribution in [-0.2, 0) is 9.63 Å². The van der Waals surface area contributed by atoms with Gasteiger partial charge in [-0.25, -0.2) is 4.79 Å².